The van der Waals surface area contributed by atoms with E-state index in [-0.39, 0.29) is 0 Å². The van der Waals surface area contributed by atoms with Crippen LogP contribution in [0.15, 0.2) is 18.5 Å². The van der Waals surface area contributed by atoms with Crippen molar-refractivity contribution in [3.05, 3.63) is 24.3 Å². The van der Waals surface area contributed by atoms with Crippen molar-refractivity contribution in [3.63, 3.8) is 0 Å². The summed E-state index contributed by atoms with van der Waals surface area (Å²) in [6.07, 6.45) is 11.5. The van der Waals surface area contributed by atoms with Gasteiger partial charge in [-0.15, -0.1) is 0 Å². The van der Waals surface area contributed by atoms with Gasteiger partial charge < -0.3 is 4.57 Å². The minimum atomic E-state index is 0.507. The van der Waals surface area contributed by atoms with Crippen LogP contribution in [0.3, 0.4) is 0 Å². The minimum Gasteiger partial charge on any atom is -0.308 e. The first-order valence-corrected chi connectivity index (χ1v) is 5.51. The maximum Gasteiger partial charge on any atom is 0.115 e. The molecular weight excluding hydrogens is 172 g/mol. The van der Waals surface area contributed by atoms with Gasteiger partial charge in [0.2, 0.25) is 0 Å². The summed E-state index contributed by atoms with van der Waals surface area (Å²) in [5.74, 6) is 1.70. The van der Waals surface area contributed by atoms with E-state index in [2.05, 4.69) is 35.7 Å². The third-order valence-corrected chi connectivity index (χ3v) is 2.76. The van der Waals surface area contributed by atoms with Crippen LogP contribution in [0.5, 0.6) is 0 Å². The molecule has 0 fully saturated rings. The second-order valence-corrected chi connectivity index (χ2v) is 4.25. The number of hydrogen-bond donors (Lipinski definition) is 0. The van der Waals surface area contributed by atoms with E-state index in [1.165, 1.54) is 37.2 Å². The lowest BCUT2D eigenvalue weighted by Gasteiger charge is -2.17. The Kier molecular flexibility index (Phi) is 2.71. The molecule has 76 valence electrons. The Morgan fingerprint density at radius 1 is 1.36 bits per heavy atom. The number of aromatic nitrogens is 2. The van der Waals surface area contributed by atoms with Gasteiger partial charge in [0.05, 0.1) is 0 Å². The molecule has 1 aliphatic carbocycles. The Bertz CT molecular complexity index is 334. The molecule has 0 N–H and O–H groups in total. The smallest absolute Gasteiger partial charge is 0.115 e. The standard InChI is InChI=1S/C12H18N2/c1-10(2)12-13-8-9-14(12)11-6-4-3-5-7-11/h6,8-10H,3-5,7H2,1-2H3. The Morgan fingerprint density at radius 3 is 2.86 bits per heavy atom. The Hall–Kier alpha value is -1.05. The Morgan fingerprint density at radius 2 is 2.21 bits per heavy atom. The summed E-state index contributed by atoms with van der Waals surface area (Å²) in [6, 6.07) is 0. The first-order valence-electron chi connectivity index (χ1n) is 5.51. The number of allylic oxidation sites excluding steroid dienone is 2. The van der Waals surface area contributed by atoms with E-state index < -0.39 is 0 Å². The van der Waals surface area contributed by atoms with E-state index in [1.54, 1.807) is 0 Å². The number of rotatable bonds is 2. The van der Waals surface area contributed by atoms with Crippen molar-refractivity contribution in [2.24, 2.45) is 0 Å². The average molecular weight is 190 g/mol. The van der Waals surface area contributed by atoms with E-state index in [9.17, 15) is 0 Å². The van der Waals surface area contributed by atoms with E-state index in [0.717, 1.165) is 0 Å². The quantitative estimate of drug-likeness (QED) is 0.698. The molecular formula is C12H18N2. The van der Waals surface area contributed by atoms with Gasteiger partial charge in [-0.3, -0.25) is 0 Å². The Balaban J connectivity index is 2.30. The molecule has 1 aromatic heterocycles. The highest BCUT2D eigenvalue weighted by Gasteiger charge is 2.11. The first-order chi connectivity index (χ1) is 6.79. The van der Waals surface area contributed by atoms with Crippen LogP contribution < -0.4 is 0 Å². The topological polar surface area (TPSA) is 17.8 Å². The van der Waals surface area contributed by atoms with Gasteiger partial charge in [0.15, 0.2) is 0 Å². The molecule has 0 spiro atoms. The molecule has 0 bridgehead atoms. The van der Waals surface area contributed by atoms with Gasteiger partial charge in [0.1, 0.15) is 5.82 Å². The fourth-order valence-corrected chi connectivity index (χ4v) is 2.03. The van der Waals surface area contributed by atoms with Gasteiger partial charge in [0.25, 0.3) is 0 Å². The summed E-state index contributed by atoms with van der Waals surface area (Å²) >= 11 is 0. The molecule has 0 unspecified atom stereocenters. The maximum absolute atomic E-state index is 4.41. The fourth-order valence-electron chi connectivity index (χ4n) is 2.03. The van der Waals surface area contributed by atoms with Crippen molar-refractivity contribution in [1.29, 1.82) is 0 Å². The zero-order valence-corrected chi connectivity index (χ0v) is 9.03. The molecule has 1 aromatic rings. The van der Waals surface area contributed by atoms with Crippen molar-refractivity contribution >= 4 is 5.70 Å². The number of imidazole rings is 1. The highest BCUT2D eigenvalue weighted by atomic mass is 15.1. The second-order valence-electron chi connectivity index (χ2n) is 4.25. The van der Waals surface area contributed by atoms with E-state index >= 15 is 0 Å². The maximum atomic E-state index is 4.41. The Labute approximate surface area is 85.7 Å². The molecule has 2 rings (SSSR count). The molecule has 0 aromatic carbocycles. The second kappa shape index (κ2) is 3.99. The predicted octanol–water partition coefficient (Wildman–Crippen LogP) is 3.42. The molecule has 0 saturated carbocycles. The van der Waals surface area contributed by atoms with Crippen molar-refractivity contribution in [2.75, 3.05) is 0 Å². The van der Waals surface area contributed by atoms with Gasteiger partial charge in [-0.1, -0.05) is 19.9 Å². The van der Waals surface area contributed by atoms with Crippen LogP contribution in [0.25, 0.3) is 5.70 Å². The first kappa shape index (κ1) is 9.50. The summed E-state index contributed by atoms with van der Waals surface area (Å²) in [4.78, 5) is 4.41. The summed E-state index contributed by atoms with van der Waals surface area (Å²) in [6.45, 7) is 4.39. The highest BCUT2D eigenvalue weighted by Crippen LogP contribution is 2.24. The molecule has 0 aliphatic heterocycles. The van der Waals surface area contributed by atoms with Crippen LogP contribution in [0, 0.1) is 0 Å². The minimum absolute atomic E-state index is 0.507. The molecule has 0 saturated heterocycles. The summed E-state index contributed by atoms with van der Waals surface area (Å²) in [5.41, 5.74) is 1.44. The molecule has 2 heteroatoms. The molecule has 0 amide bonds. The SMILES string of the molecule is CC(C)c1nccn1C1=CCCCC1. The van der Waals surface area contributed by atoms with Crippen molar-refractivity contribution < 1.29 is 0 Å². The largest absolute Gasteiger partial charge is 0.308 e. The summed E-state index contributed by atoms with van der Waals surface area (Å²) < 4.78 is 2.27. The van der Waals surface area contributed by atoms with Crippen LogP contribution in [-0.2, 0) is 0 Å². The predicted molar refractivity (Wildman–Crippen MR) is 59.1 cm³/mol. The van der Waals surface area contributed by atoms with Gasteiger partial charge in [-0.2, -0.15) is 0 Å². The van der Waals surface area contributed by atoms with E-state index in [4.69, 9.17) is 0 Å². The van der Waals surface area contributed by atoms with Gasteiger partial charge in [-0.25, -0.2) is 4.98 Å². The number of nitrogens with zero attached hydrogens (tertiary/aromatic N) is 2. The van der Waals surface area contributed by atoms with E-state index in [1.807, 2.05) is 6.20 Å². The van der Waals surface area contributed by atoms with E-state index in [0.29, 0.717) is 5.92 Å². The summed E-state index contributed by atoms with van der Waals surface area (Å²) in [7, 11) is 0. The van der Waals surface area contributed by atoms with Crippen molar-refractivity contribution in [3.8, 4) is 0 Å². The zero-order valence-electron chi connectivity index (χ0n) is 9.03. The molecule has 1 aliphatic rings. The normalized spacial score (nSPS) is 17.2. The fraction of sp³-hybridized carbons (Fsp3) is 0.583. The van der Waals surface area contributed by atoms with Gasteiger partial charge >= 0.3 is 0 Å². The molecule has 0 atom stereocenters. The third-order valence-electron chi connectivity index (χ3n) is 2.76. The van der Waals surface area contributed by atoms with Crippen LogP contribution in [0.4, 0.5) is 0 Å². The summed E-state index contributed by atoms with van der Waals surface area (Å²) in [5, 5.41) is 0. The number of hydrogen-bond acceptors (Lipinski definition) is 1. The average Bonchev–Trinajstić information content (AvgIpc) is 2.67. The highest BCUT2D eigenvalue weighted by molar-refractivity contribution is 5.47. The van der Waals surface area contributed by atoms with Gasteiger partial charge in [0, 0.05) is 24.0 Å². The molecule has 14 heavy (non-hydrogen) atoms. The lowest BCUT2D eigenvalue weighted by molar-refractivity contribution is 0.690. The van der Waals surface area contributed by atoms with Crippen LogP contribution >= 0.6 is 0 Å². The van der Waals surface area contributed by atoms with Crippen molar-refractivity contribution in [2.45, 2.75) is 45.4 Å². The van der Waals surface area contributed by atoms with Gasteiger partial charge in [-0.05, 0) is 25.7 Å². The molecule has 1 heterocycles. The van der Waals surface area contributed by atoms with Crippen LogP contribution in [-0.4, -0.2) is 9.55 Å². The third kappa shape index (κ3) is 1.74. The monoisotopic (exact) mass is 190 g/mol. The molecule has 2 nitrogen and oxygen atoms in total. The lowest BCUT2D eigenvalue weighted by Crippen LogP contribution is -2.06. The zero-order chi connectivity index (χ0) is 9.97. The van der Waals surface area contributed by atoms with Crippen molar-refractivity contribution in [1.82, 2.24) is 9.55 Å². The van der Waals surface area contributed by atoms with Crippen LogP contribution in [0.1, 0.15) is 51.3 Å². The lowest BCUT2D eigenvalue weighted by atomic mass is 10.0. The molecule has 0 radical (unpaired) electrons. The van der Waals surface area contributed by atoms with Crippen LogP contribution in [0.2, 0.25) is 0 Å².